The number of hydrogen-bond acceptors (Lipinski definition) is 5. The van der Waals surface area contributed by atoms with E-state index in [4.69, 9.17) is 4.74 Å². The molecule has 0 unspecified atom stereocenters. The highest BCUT2D eigenvalue weighted by Gasteiger charge is 2.06. The van der Waals surface area contributed by atoms with Crippen LogP contribution >= 0.6 is 0 Å². The first-order chi connectivity index (χ1) is 8.19. The van der Waals surface area contributed by atoms with Gasteiger partial charge in [0.25, 0.3) is 0 Å². The maximum atomic E-state index is 11.4. The van der Waals surface area contributed by atoms with Gasteiger partial charge in [0.2, 0.25) is 0 Å². The van der Waals surface area contributed by atoms with E-state index in [0.29, 0.717) is 17.9 Å². The molecule has 0 N–H and O–H groups in total. The Morgan fingerprint density at radius 2 is 2.24 bits per heavy atom. The van der Waals surface area contributed by atoms with Crippen LogP contribution in [0.1, 0.15) is 23.8 Å². The van der Waals surface area contributed by atoms with E-state index in [-0.39, 0.29) is 11.8 Å². The molecular weight excluding hydrogens is 220 g/mol. The number of rotatable bonds is 4. The Morgan fingerprint density at radius 1 is 1.41 bits per heavy atom. The summed E-state index contributed by atoms with van der Waals surface area (Å²) in [5.74, 6) is 0.511. The van der Waals surface area contributed by atoms with Crippen LogP contribution in [0.4, 0.5) is 0 Å². The van der Waals surface area contributed by atoms with Crippen LogP contribution in [0.3, 0.4) is 0 Å². The molecule has 0 atom stereocenters. The normalized spacial score (nSPS) is 10.2. The zero-order valence-electron chi connectivity index (χ0n) is 9.62. The number of nitrogens with zero attached hydrogens (tertiary/aromatic N) is 4. The first kappa shape index (κ1) is 11.3. The molecule has 0 saturated carbocycles. The summed E-state index contributed by atoms with van der Waals surface area (Å²) in [6, 6.07) is 3.56. The Morgan fingerprint density at radius 3 is 2.76 bits per heavy atom. The molecule has 17 heavy (non-hydrogen) atoms. The van der Waals surface area contributed by atoms with Gasteiger partial charge in [-0.1, -0.05) is 6.92 Å². The smallest absolute Gasteiger partial charge is 0.341 e. The van der Waals surface area contributed by atoms with Crippen LogP contribution in [-0.4, -0.2) is 25.5 Å². The van der Waals surface area contributed by atoms with Gasteiger partial charge in [-0.3, -0.25) is 9.48 Å². The van der Waals surface area contributed by atoms with Crippen LogP contribution in [0.2, 0.25) is 0 Å². The Balaban J connectivity index is 2.10. The van der Waals surface area contributed by atoms with E-state index in [1.165, 1.54) is 17.2 Å². The molecule has 0 radical (unpaired) electrons. The monoisotopic (exact) mass is 232 g/mol. The Labute approximate surface area is 98.3 Å². The van der Waals surface area contributed by atoms with Gasteiger partial charge in [-0.15, -0.1) is 5.10 Å². The number of aromatic nitrogens is 4. The number of carbonyl (C=O) groups is 1. The molecule has 0 aliphatic heterocycles. The number of pyridine rings is 1. The minimum Gasteiger partial charge on any atom is -0.422 e. The molecule has 0 fully saturated rings. The lowest BCUT2D eigenvalue weighted by Gasteiger charge is -2.01. The minimum absolute atomic E-state index is 0.00695. The molecular formula is C11H12N4O2. The van der Waals surface area contributed by atoms with Crippen molar-refractivity contribution in [3.63, 3.8) is 0 Å². The van der Waals surface area contributed by atoms with Gasteiger partial charge in [0.15, 0.2) is 5.78 Å². The van der Waals surface area contributed by atoms with Gasteiger partial charge in [0, 0.05) is 13.5 Å². The fourth-order valence-electron chi connectivity index (χ4n) is 1.26. The standard InChI is InChI=1S/C11H12N4O2/c1-3-10(16)9-5-4-8(6-12-9)17-11-13-7-15(2)14-11/h4-7H,3H2,1-2H3. The van der Waals surface area contributed by atoms with E-state index < -0.39 is 0 Å². The maximum absolute atomic E-state index is 11.4. The van der Waals surface area contributed by atoms with Gasteiger partial charge >= 0.3 is 6.01 Å². The van der Waals surface area contributed by atoms with Crippen molar-refractivity contribution in [1.82, 2.24) is 19.7 Å². The van der Waals surface area contributed by atoms with Crippen molar-refractivity contribution < 1.29 is 9.53 Å². The summed E-state index contributed by atoms with van der Waals surface area (Å²) in [5.41, 5.74) is 0.439. The molecule has 0 amide bonds. The van der Waals surface area contributed by atoms with Crippen LogP contribution in [0, 0.1) is 0 Å². The summed E-state index contributed by atoms with van der Waals surface area (Å²) in [6.45, 7) is 1.80. The van der Waals surface area contributed by atoms with Crippen LogP contribution in [0.5, 0.6) is 11.8 Å². The highest BCUT2D eigenvalue weighted by atomic mass is 16.5. The zero-order chi connectivity index (χ0) is 12.3. The zero-order valence-corrected chi connectivity index (χ0v) is 9.62. The second kappa shape index (κ2) is 4.73. The number of hydrogen-bond donors (Lipinski definition) is 0. The van der Waals surface area contributed by atoms with Crippen molar-refractivity contribution in [2.75, 3.05) is 0 Å². The van der Waals surface area contributed by atoms with Crippen LogP contribution < -0.4 is 4.74 Å². The van der Waals surface area contributed by atoms with Crippen molar-refractivity contribution in [3.8, 4) is 11.8 Å². The number of aryl methyl sites for hydroxylation is 1. The van der Waals surface area contributed by atoms with Gasteiger partial charge in [0.1, 0.15) is 17.8 Å². The van der Waals surface area contributed by atoms with Crippen molar-refractivity contribution >= 4 is 5.78 Å². The third-order valence-corrected chi connectivity index (χ3v) is 2.13. The Hall–Kier alpha value is -2.24. The third-order valence-electron chi connectivity index (χ3n) is 2.13. The summed E-state index contributed by atoms with van der Waals surface area (Å²) in [7, 11) is 1.75. The third kappa shape index (κ3) is 2.66. The predicted octanol–water partition coefficient (Wildman–Crippen LogP) is 1.60. The van der Waals surface area contributed by atoms with E-state index in [9.17, 15) is 4.79 Å². The first-order valence-electron chi connectivity index (χ1n) is 5.22. The molecule has 88 valence electrons. The Bertz CT molecular complexity index is 519. The first-order valence-corrected chi connectivity index (χ1v) is 5.22. The molecule has 2 aromatic heterocycles. The molecule has 0 aliphatic rings. The maximum Gasteiger partial charge on any atom is 0.341 e. The Kier molecular flexibility index (Phi) is 3.13. The van der Waals surface area contributed by atoms with E-state index in [2.05, 4.69) is 15.1 Å². The van der Waals surface area contributed by atoms with E-state index in [1.807, 2.05) is 0 Å². The number of ether oxygens (including phenoxy) is 1. The van der Waals surface area contributed by atoms with Gasteiger partial charge in [-0.25, -0.2) is 4.98 Å². The molecule has 2 aromatic rings. The number of Topliss-reactive ketones (excluding diaryl/α,β-unsaturated/α-hetero) is 1. The molecule has 0 bridgehead atoms. The number of ketones is 1. The highest BCUT2D eigenvalue weighted by Crippen LogP contribution is 2.16. The van der Waals surface area contributed by atoms with Crippen molar-refractivity contribution in [2.24, 2.45) is 7.05 Å². The van der Waals surface area contributed by atoms with Crippen molar-refractivity contribution in [2.45, 2.75) is 13.3 Å². The summed E-state index contributed by atoms with van der Waals surface area (Å²) < 4.78 is 6.89. The quantitative estimate of drug-likeness (QED) is 0.749. The van der Waals surface area contributed by atoms with Crippen LogP contribution in [0.25, 0.3) is 0 Å². The van der Waals surface area contributed by atoms with Crippen LogP contribution in [0.15, 0.2) is 24.7 Å². The average Bonchev–Trinajstić information content (AvgIpc) is 2.75. The summed E-state index contributed by atoms with van der Waals surface area (Å²) in [6.07, 6.45) is 3.46. The second-order valence-corrected chi connectivity index (χ2v) is 3.46. The molecule has 2 heterocycles. The summed E-state index contributed by atoms with van der Waals surface area (Å²) >= 11 is 0. The van der Waals surface area contributed by atoms with Gasteiger partial charge in [0.05, 0.1) is 6.20 Å². The van der Waals surface area contributed by atoms with Gasteiger partial charge in [-0.2, -0.15) is 4.98 Å². The summed E-state index contributed by atoms with van der Waals surface area (Å²) in [4.78, 5) is 19.3. The van der Waals surface area contributed by atoms with E-state index >= 15 is 0 Å². The summed E-state index contributed by atoms with van der Waals surface area (Å²) in [5, 5.41) is 3.97. The predicted molar refractivity (Wildman–Crippen MR) is 59.9 cm³/mol. The molecule has 2 rings (SSSR count). The topological polar surface area (TPSA) is 69.9 Å². The SMILES string of the molecule is CCC(=O)c1ccc(Oc2ncn(C)n2)cn1. The van der Waals surface area contributed by atoms with Gasteiger partial charge < -0.3 is 4.74 Å². The highest BCUT2D eigenvalue weighted by molar-refractivity contribution is 5.93. The molecule has 6 heteroatoms. The molecule has 0 saturated heterocycles. The molecule has 0 spiro atoms. The van der Waals surface area contributed by atoms with Crippen molar-refractivity contribution in [3.05, 3.63) is 30.4 Å². The lowest BCUT2D eigenvalue weighted by atomic mass is 10.2. The van der Waals surface area contributed by atoms with E-state index in [0.717, 1.165) is 0 Å². The lowest BCUT2D eigenvalue weighted by Crippen LogP contribution is -1.99. The molecule has 6 nitrogen and oxygen atoms in total. The van der Waals surface area contributed by atoms with Gasteiger partial charge in [-0.05, 0) is 12.1 Å². The minimum atomic E-state index is 0.00695. The second-order valence-electron chi connectivity index (χ2n) is 3.46. The largest absolute Gasteiger partial charge is 0.422 e. The lowest BCUT2D eigenvalue weighted by molar-refractivity contribution is 0.0983. The van der Waals surface area contributed by atoms with E-state index in [1.54, 1.807) is 26.1 Å². The van der Waals surface area contributed by atoms with Crippen molar-refractivity contribution in [1.29, 1.82) is 0 Å². The fraction of sp³-hybridized carbons (Fsp3) is 0.273. The number of carbonyl (C=O) groups excluding carboxylic acids is 1. The molecule has 0 aromatic carbocycles. The average molecular weight is 232 g/mol. The van der Waals surface area contributed by atoms with Crippen LogP contribution in [-0.2, 0) is 7.05 Å². The molecule has 0 aliphatic carbocycles. The fourth-order valence-corrected chi connectivity index (χ4v) is 1.26.